The number of para-hydroxylation sites is 2. The lowest BCUT2D eigenvalue weighted by molar-refractivity contribution is 1.18. The van der Waals surface area contributed by atoms with Gasteiger partial charge in [-0.15, -0.1) is 0 Å². The lowest BCUT2D eigenvalue weighted by Crippen LogP contribution is -1.95. The smallest absolute Gasteiger partial charge is 0.146 e. The first-order valence-corrected chi connectivity index (χ1v) is 15.1. The summed E-state index contributed by atoms with van der Waals surface area (Å²) in [5.74, 6) is 0. The second-order valence-electron chi connectivity index (χ2n) is 11.7. The summed E-state index contributed by atoms with van der Waals surface area (Å²) < 4.78 is 4.76. The Morgan fingerprint density at radius 1 is 0.386 bits per heavy atom. The van der Waals surface area contributed by atoms with Crippen molar-refractivity contribution in [3.63, 3.8) is 0 Å². The van der Waals surface area contributed by atoms with Crippen LogP contribution < -0.4 is 0 Å². The van der Waals surface area contributed by atoms with E-state index in [1.165, 1.54) is 65.4 Å². The molecule has 0 fully saturated rings. The quantitative estimate of drug-likeness (QED) is 0.193. The summed E-state index contributed by atoms with van der Waals surface area (Å²) in [6.45, 7) is 0. The fourth-order valence-corrected chi connectivity index (χ4v) is 7.25. The van der Waals surface area contributed by atoms with Crippen LogP contribution >= 0.6 is 0 Å². The van der Waals surface area contributed by atoms with E-state index in [0.29, 0.717) is 0 Å². The lowest BCUT2D eigenvalue weighted by atomic mass is 10.0. The summed E-state index contributed by atoms with van der Waals surface area (Å²) in [4.78, 5) is 5.26. The van der Waals surface area contributed by atoms with E-state index < -0.39 is 0 Å². The molecule has 10 rings (SSSR count). The highest BCUT2D eigenvalue weighted by atomic mass is 15.0. The molecule has 7 aromatic carbocycles. The van der Waals surface area contributed by atoms with Gasteiger partial charge in [0, 0.05) is 27.2 Å². The first-order chi connectivity index (χ1) is 21.8. The lowest BCUT2D eigenvalue weighted by Gasteiger charge is -2.11. The molecule has 10 aromatic rings. The summed E-state index contributed by atoms with van der Waals surface area (Å²) in [5.41, 5.74) is 10.2. The minimum atomic E-state index is 0.996. The largest absolute Gasteiger partial charge is 0.309 e. The monoisotopic (exact) mass is 559 g/mol. The number of nitrogens with zero attached hydrogens (tertiary/aromatic N) is 3. The number of aromatic nitrogens is 3. The second kappa shape index (κ2) is 8.79. The van der Waals surface area contributed by atoms with Gasteiger partial charge in [0.05, 0.1) is 27.6 Å². The molecule has 0 saturated heterocycles. The van der Waals surface area contributed by atoms with E-state index in [1.54, 1.807) is 0 Å². The van der Waals surface area contributed by atoms with E-state index in [-0.39, 0.29) is 0 Å². The second-order valence-corrected chi connectivity index (χ2v) is 11.7. The summed E-state index contributed by atoms with van der Waals surface area (Å²) in [6.07, 6.45) is 0. The van der Waals surface area contributed by atoms with E-state index >= 15 is 0 Å². The Kier molecular flexibility index (Phi) is 4.72. The highest BCUT2D eigenvalue weighted by molar-refractivity contribution is 6.17. The molecule has 0 spiro atoms. The van der Waals surface area contributed by atoms with Crippen LogP contribution in [0.2, 0.25) is 0 Å². The average Bonchev–Trinajstić information content (AvgIpc) is 3.63. The molecule has 0 amide bonds. The molecule has 3 aromatic heterocycles. The molecule has 0 saturated carbocycles. The maximum atomic E-state index is 5.26. The van der Waals surface area contributed by atoms with Crippen LogP contribution in [0.25, 0.3) is 87.7 Å². The van der Waals surface area contributed by atoms with Crippen LogP contribution in [0.1, 0.15) is 0 Å². The van der Waals surface area contributed by atoms with E-state index in [9.17, 15) is 0 Å². The molecule has 0 aliphatic heterocycles. The number of fused-ring (bicyclic) bond motifs is 12. The van der Waals surface area contributed by atoms with Crippen molar-refractivity contribution in [2.75, 3.05) is 0 Å². The molecule has 0 bridgehead atoms. The fraction of sp³-hybridized carbons (Fsp3) is 0. The first-order valence-electron chi connectivity index (χ1n) is 15.1. The van der Waals surface area contributed by atoms with Crippen molar-refractivity contribution >= 4 is 70.9 Å². The minimum Gasteiger partial charge on any atom is -0.309 e. The van der Waals surface area contributed by atoms with Gasteiger partial charge in [-0.1, -0.05) is 109 Å². The Hall–Kier alpha value is -5.93. The zero-order valence-electron chi connectivity index (χ0n) is 23.8. The third-order valence-corrected chi connectivity index (χ3v) is 9.24. The molecule has 0 radical (unpaired) electrons. The molecule has 0 atom stereocenters. The fourth-order valence-electron chi connectivity index (χ4n) is 7.25. The molecule has 204 valence electrons. The minimum absolute atomic E-state index is 0.996. The predicted molar refractivity (Wildman–Crippen MR) is 185 cm³/mol. The molecule has 0 N–H and O–H groups in total. The summed E-state index contributed by atoms with van der Waals surface area (Å²) >= 11 is 0. The standard InChI is InChI=1S/C41H25N3/c1-2-11-27-22-29(21-20-26(27)10-1)28-12-9-13-30(23-28)43-37-18-7-6-16-33(37)35-24-36-40(25-39(35)43)44-38-19-8-5-15-32(38)31-14-3-4-17-34(31)41(44)42-36/h1-25H. The predicted octanol–water partition coefficient (Wildman–Crippen LogP) is 10.7. The van der Waals surface area contributed by atoms with Gasteiger partial charge in [-0.3, -0.25) is 4.40 Å². The van der Waals surface area contributed by atoms with Gasteiger partial charge in [-0.25, -0.2) is 4.98 Å². The van der Waals surface area contributed by atoms with E-state index in [4.69, 9.17) is 4.98 Å². The number of hydrogen-bond acceptors (Lipinski definition) is 1. The van der Waals surface area contributed by atoms with Crippen molar-refractivity contribution in [2.45, 2.75) is 0 Å². The first kappa shape index (κ1) is 23.6. The molecule has 0 aliphatic carbocycles. The van der Waals surface area contributed by atoms with Crippen molar-refractivity contribution in [2.24, 2.45) is 0 Å². The van der Waals surface area contributed by atoms with Crippen molar-refractivity contribution in [1.82, 2.24) is 14.0 Å². The molecule has 3 heterocycles. The van der Waals surface area contributed by atoms with Crippen LogP contribution in [0.5, 0.6) is 0 Å². The topological polar surface area (TPSA) is 22.2 Å². The molecule has 44 heavy (non-hydrogen) atoms. The van der Waals surface area contributed by atoms with E-state index in [1.807, 2.05) is 0 Å². The Labute approximate surface area is 252 Å². The average molecular weight is 560 g/mol. The van der Waals surface area contributed by atoms with Gasteiger partial charge in [-0.2, -0.15) is 0 Å². The zero-order chi connectivity index (χ0) is 28.8. The zero-order valence-corrected chi connectivity index (χ0v) is 23.8. The number of benzene rings is 7. The normalized spacial score (nSPS) is 12.1. The molecule has 3 nitrogen and oxygen atoms in total. The summed E-state index contributed by atoms with van der Waals surface area (Å²) in [6, 6.07) is 54.8. The van der Waals surface area contributed by atoms with Gasteiger partial charge in [0.2, 0.25) is 0 Å². The maximum Gasteiger partial charge on any atom is 0.146 e. The van der Waals surface area contributed by atoms with Gasteiger partial charge >= 0.3 is 0 Å². The van der Waals surface area contributed by atoms with Gasteiger partial charge in [-0.05, 0) is 69.8 Å². The van der Waals surface area contributed by atoms with Gasteiger partial charge in [0.15, 0.2) is 0 Å². The van der Waals surface area contributed by atoms with Crippen molar-refractivity contribution in [1.29, 1.82) is 0 Å². The Balaban J connectivity index is 1.29. The number of rotatable bonds is 2. The highest BCUT2D eigenvalue weighted by Gasteiger charge is 2.18. The Bertz CT molecular complexity index is 2780. The third kappa shape index (κ3) is 3.24. The maximum absolute atomic E-state index is 5.26. The molecular weight excluding hydrogens is 534 g/mol. The molecular formula is C41H25N3. The third-order valence-electron chi connectivity index (χ3n) is 9.24. The van der Waals surface area contributed by atoms with E-state index in [0.717, 1.165) is 22.4 Å². The van der Waals surface area contributed by atoms with Crippen LogP contribution in [0.3, 0.4) is 0 Å². The van der Waals surface area contributed by atoms with Crippen LogP contribution in [-0.2, 0) is 0 Å². The molecule has 3 heteroatoms. The number of imidazole rings is 1. The van der Waals surface area contributed by atoms with Crippen molar-refractivity contribution in [3.8, 4) is 16.8 Å². The number of pyridine rings is 1. The van der Waals surface area contributed by atoms with Crippen molar-refractivity contribution < 1.29 is 0 Å². The van der Waals surface area contributed by atoms with Gasteiger partial charge in [0.1, 0.15) is 5.65 Å². The van der Waals surface area contributed by atoms with Crippen molar-refractivity contribution in [3.05, 3.63) is 152 Å². The SMILES string of the molecule is c1cc(-c2ccc3ccccc3c2)cc(-n2c3ccccc3c3cc4nc5c6ccccc6c6ccccc6n5c4cc32)c1. The van der Waals surface area contributed by atoms with E-state index in [2.05, 4.69) is 161 Å². The Morgan fingerprint density at radius 2 is 1.07 bits per heavy atom. The molecule has 0 unspecified atom stereocenters. The van der Waals surface area contributed by atoms with Crippen LogP contribution in [-0.4, -0.2) is 14.0 Å². The molecule has 0 aliphatic rings. The van der Waals surface area contributed by atoms with Crippen LogP contribution in [0, 0.1) is 0 Å². The Morgan fingerprint density at radius 3 is 1.93 bits per heavy atom. The highest BCUT2D eigenvalue weighted by Crippen LogP contribution is 2.38. The van der Waals surface area contributed by atoms with Crippen LogP contribution in [0.4, 0.5) is 0 Å². The van der Waals surface area contributed by atoms with Crippen LogP contribution in [0.15, 0.2) is 152 Å². The number of hydrogen-bond donors (Lipinski definition) is 0. The summed E-state index contributed by atoms with van der Waals surface area (Å²) in [7, 11) is 0. The van der Waals surface area contributed by atoms with Gasteiger partial charge < -0.3 is 4.57 Å². The van der Waals surface area contributed by atoms with Gasteiger partial charge in [0.25, 0.3) is 0 Å². The summed E-state index contributed by atoms with van der Waals surface area (Å²) in [5, 5.41) is 8.58.